The number of carbonyl (C=O) groups is 1. The second-order valence-electron chi connectivity index (χ2n) is 6.65. The van der Waals surface area contributed by atoms with Crippen molar-refractivity contribution < 1.29 is 14.6 Å². The molecule has 1 aromatic heterocycles. The Labute approximate surface area is 143 Å². The highest BCUT2D eigenvalue weighted by Gasteiger charge is 2.23. The topological polar surface area (TPSA) is 79.6 Å². The van der Waals surface area contributed by atoms with Crippen molar-refractivity contribution in [2.75, 3.05) is 32.8 Å². The molecule has 24 heavy (non-hydrogen) atoms. The Balaban J connectivity index is 1.48. The molecule has 0 spiro atoms. The Morgan fingerprint density at radius 1 is 1.42 bits per heavy atom. The first-order chi connectivity index (χ1) is 11.7. The molecule has 7 nitrogen and oxygen atoms in total. The third-order valence-corrected chi connectivity index (χ3v) is 4.71. The van der Waals surface area contributed by atoms with Gasteiger partial charge in [-0.1, -0.05) is 0 Å². The minimum atomic E-state index is -0.0360. The molecule has 1 unspecified atom stereocenters. The van der Waals surface area contributed by atoms with Gasteiger partial charge in [0, 0.05) is 45.6 Å². The summed E-state index contributed by atoms with van der Waals surface area (Å²) in [5.41, 5.74) is 2.20. The van der Waals surface area contributed by atoms with Crippen LogP contribution in [-0.4, -0.2) is 64.6 Å². The summed E-state index contributed by atoms with van der Waals surface area (Å²) < 4.78 is 7.91. The highest BCUT2D eigenvalue weighted by atomic mass is 16.5. The van der Waals surface area contributed by atoms with Crippen LogP contribution in [0.3, 0.4) is 0 Å². The number of nitrogens with zero attached hydrogens (tertiary/aromatic N) is 3. The van der Waals surface area contributed by atoms with Crippen LogP contribution in [0.1, 0.15) is 37.1 Å². The van der Waals surface area contributed by atoms with E-state index in [-0.39, 0.29) is 12.5 Å². The highest BCUT2D eigenvalue weighted by molar-refractivity contribution is 5.76. The predicted octanol–water partition coefficient (Wildman–Crippen LogP) is 0.309. The van der Waals surface area contributed by atoms with E-state index in [0.29, 0.717) is 25.5 Å². The van der Waals surface area contributed by atoms with Gasteiger partial charge in [0.15, 0.2) is 0 Å². The van der Waals surface area contributed by atoms with Gasteiger partial charge >= 0.3 is 0 Å². The number of carbonyl (C=O) groups excluding carboxylic acids is 1. The average Bonchev–Trinajstić information content (AvgIpc) is 3.01. The van der Waals surface area contributed by atoms with Gasteiger partial charge in [-0.2, -0.15) is 5.10 Å². The van der Waals surface area contributed by atoms with Crippen molar-refractivity contribution in [2.24, 2.45) is 0 Å². The number of rotatable bonds is 7. The lowest BCUT2D eigenvalue weighted by atomic mass is 10.1. The Hall–Kier alpha value is -1.44. The summed E-state index contributed by atoms with van der Waals surface area (Å²) in [5.74, 6) is -0.0360. The van der Waals surface area contributed by atoms with Gasteiger partial charge < -0.3 is 15.2 Å². The van der Waals surface area contributed by atoms with Crippen molar-refractivity contribution in [3.05, 3.63) is 17.5 Å². The van der Waals surface area contributed by atoms with Crippen molar-refractivity contribution in [1.29, 1.82) is 0 Å². The normalized spacial score (nSPS) is 21.5. The van der Waals surface area contributed by atoms with Crippen LogP contribution < -0.4 is 5.32 Å². The molecular weight excluding hydrogens is 308 g/mol. The van der Waals surface area contributed by atoms with E-state index in [9.17, 15) is 4.79 Å². The molecule has 0 aromatic carbocycles. The van der Waals surface area contributed by atoms with E-state index in [1.165, 1.54) is 25.0 Å². The molecule has 3 heterocycles. The number of aryl methyl sites for hydroxylation is 1. The molecule has 7 heteroatoms. The minimum absolute atomic E-state index is 0.0228. The van der Waals surface area contributed by atoms with Gasteiger partial charge in [0.1, 0.15) is 0 Å². The third-order valence-electron chi connectivity index (χ3n) is 4.71. The zero-order chi connectivity index (χ0) is 16.8. The molecule has 0 bridgehead atoms. The Bertz CT molecular complexity index is 540. The molecule has 1 atom stereocenters. The molecule has 2 N–H and O–H groups in total. The first kappa shape index (κ1) is 17.4. The summed E-state index contributed by atoms with van der Waals surface area (Å²) >= 11 is 0. The minimum Gasteiger partial charge on any atom is -0.395 e. The smallest absolute Gasteiger partial charge is 0.220 e. The molecule has 1 aromatic rings. The SMILES string of the molecule is O=C(CCc1cc2n(n1)CCN(CC1CCCCO1)C2)NCCO. The Kier molecular flexibility index (Phi) is 6.23. The summed E-state index contributed by atoms with van der Waals surface area (Å²) in [6, 6.07) is 2.12. The van der Waals surface area contributed by atoms with E-state index in [0.717, 1.165) is 38.5 Å². The molecule has 2 aliphatic rings. The number of aliphatic hydroxyl groups is 1. The highest BCUT2D eigenvalue weighted by Crippen LogP contribution is 2.18. The third kappa shape index (κ3) is 4.78. The fourth-order valence-corrected chi connectivity index (χ4v) is 3.42. The van der Waals surface area contributed by atoms with Gasteiger partial charge in [-0.05, 0) is 25.3 Å². The van der Waals surface area contributed by atoms with E-state index in [2.05, 4.69) is 26.1 Å². The fourth-order valence-electron chi connectivity index (χ4n) is 3.42. The number of fused-ring (bicyclic) bond motifs is 1. The molecule has 0 saturated carbocycles. The van der Waals surface area contributed by atoms with Crippen molar-refractivity contribution in [3.8, 4) is 0 Å². The lowest BCUT2D eigenvalue weighted by Gasteiger charge is -2.32. The maximum atomic E-state index is 11.6. The maximum absolute atomic E-state index is 11.6. The zero-order valence-corrected chi connectivity index (χ0v) is 14.2. The first-order valence-electron chi connectivity index (χ1n) is 9.01. The van der Waals surface area contributed by atoms with Crippen LogP contribution in [0.4, 0.5) is 0 Å². The monoisotopic (exact) mass is 336 g/mol. The van der Waals surface area contributed by atoms with E-state index in [1.807, 2.05) is 0 Å². The number of aromatic nitrogens is 2. The van der Waals surface area contributed by atoms with Gasteiger partial charge in [0.25, 0.3) is 0 Å². The number of nitrogens with one attached hydrogen (secondary N) is 1. The second-order valence-corrected chi connectivity index (χ2v) is 6.65. The standard InChI is InChI=1S/C17H28N4O3/c22-9-6-18-17(23)5-4-14-11-15-12-20(7-8-21(15)19-14)13-16-3-1-2-10-24-16/h11,16,22H,1-10,12-13H2,(H,18,23). The number of hydrogen-bond donors (Lipinski definition) is 2. The molecule has 0 aliphatic carbocycles. The van der Waals surface area contributed by atoms with Crippen LogP contribution in [0.25, 0.3) is 0 Å². The van der Waals surface area contributed by atoms with E-state index in [1.54, 1.807) is 0 Å². The predicted molar refractivity (Wildman–Crippen MR) is 89.5 cm³/mol. The number of hydrogen-bond acceptors (Lipinski definition) is 5. The number of aliphatic hydroxyl groups excluding tert-OH is 1. The molecule has 3 rings (SSSR count). The van der Waals surface area contributed by atoms with Gasteiger partial charge in [0.05, 0.1) is 30.6 Å². The maximum Gasteiger partial charge on any atom is 0.220 e. The lowest BCUT2D eigenvalue weighted by Crippen LogP contribution is -2.40. The van der Waals surface area contributed by atoms with E-state index < -0.39 is 0 Å². The fraction of sp³-hybridized carbons (Fsp3) is 0.765. The Morgan fingerprint density at radius 3 is 3.12 bits per heavy atom. The van der Waals surface area contributed by atoms with Crippen molar-refractivity contribution in [2.45, 2.75) is 51.3 Å². The summed E-state index contributed by atoms with van der Waals surface area (Å²) in [7, 11) is 0. The molecule has 134 valence electrons. The Morgan fingerprint density at radius 2 is 2.33 bits per heavy atom. The molecule has 1 amide bonds. The number of amides is 1. The average molecular weight is 336 g/mol. The summed E-state index contributed by atoms with van der Waals surface area (Å²) in [6.07, 6.45) is 5.07. The lowest BCUT2D eigenvalue weighted by molar-refractivity contribution is -0.121. The van der Waals surface area contributed by atoms with Crippen LogP contribution in [0, 0.1) is 0 Å². The molecule has 0 radical (unpaired) electrons. The zero-order valence-electron chi connectivity index (χ0n) is 14.2. The largest absolute Gasteiger partial charge is 0.395 e. The first-order valence-corrected chi connectivity index (χ1v) is 9.01. The van der Waals surface area contributed by atoms with Gasteiger partial charge in [-0.15, -0.1) is 0 Å². The van der Waals surface area contributed by atoms with Gasteiger partial charge in [0.2, 0.25) is 5.91 Å². The van der Waals surface area contributed by atoms with Gasteiger partial charge in [-0.3, -0.25) is 14.4 Å². The van der Waals surface area contributed by atoms with Crippen molar-refractivity contribution in [1.82, 2.24) is 20.0 Å². The van der Waals surface area contributed by atoms with Crippen molar-refractivity contribution in [3.63, 3.8) is 0 Å². The van der Waals surface area contributed by atoms with E-state index in [4.69, 9.17) is 9.84 Å². The molecule has 1 saturated heterocycles. The second kappa shape index (κ2) is 8.60. The van der Waals surface area contributed by atoms with Gasteiger partial charge in [-0.25, -0.2) is 0 Å². The molecule has 1 fully saturated rings. The van der Waals surface area contributed by atoms with Crippen molar-refractivity contribution >= 4 is 5.91 Å². The number of ether oxygens (including phenoxy) is 1. The summed E-state index contributed by atoms with van der Waals surface area (Å²) in [4.78, 5) is 14.1. The quantitative estimate of drug-likeness (QED) is 0.749. The summed E-state index contributed by atoms with van der Waals surface area (Å²) in [6.45, 7) is 5.01. The molecular formula is C17H28N4O3. The van der Waals surface area contributed by atoms with E-state index >= 15 is 0 Å². The van der Waals surface area contributed by atoms with Crippen LogP contribution in [-0.2, 0) is 29.0 Å². The van der Waals surface area contributed by atoms with Crippen LogP contribution in [0.15, 0.2) is 6.07 Å². The summed E-state index contributed by atoms with van der Waals surface area (Å²) in [5, 5.41) is 16.0. The van der Waals surface area contributed by atoms with Crippen LogP contribution in [0.5, 0.6) is 0 Å². The van der Waals surface area contributed by atoms with Crippen LogP contribution in [0.2, 0.25) is 0 Å². The van der Waals surface area contributed by atoms with Crippen LogP contribution >= 0.6 is 0 Å². The molecule has 2 aliphatic heterocycles.